The molecule has 0 fully saturated rings. The number of benzene rings is 2. The van der Waals surface area contributed by atoms with Crippen LogP contribution >= 0.6 is 0 Å². The molecule has 3 rings (SSSR count). The van der Waals surface area contributed by atoms with Crippen LogP contribution in [0.3, 0.4) is 0 Å². The highest BCUT2D eigenvalue weighted by Crippen LogP contribution is 2.22. The molecule has 0 aliphatic heterocycles. The fraction of sp³-hybridized carbons (Fsp3) is 0.263. The van der Waals surface area contributed by atoms with Gasteiger partial charge in [0.15, 0.2) is 0 Å². The molecular weight excluding hydrogens is 256 g/mol. The van der Waals surface area contributed by atoms with Gasteiger partial charge in [-0.3, -0.25) is 0 Å². The lowest BCUT2D eigenvalue weighted by atomic mass is 10.1. The van der Waals surface area contributed by atoms with Gasteiger partial charge in [-0.2, -0.15) is 0 Å². The summed E-state index contributed by atoms with van der Waals surface area (Å²) in [6.07, 6.45) is 1.04. The number of aromatic nitrogens is 1. The molecule has 0 aliphatic rings. The van der Waals surface area contributed by atoms with Gasteiger partial charge in [0.2, 0.25) is 0 Å². The molecule has 2 nitrogen and oxygen atoms in total. The maximum atomic E-state index is 3.34. The Balaban J connectivity index is 2.03. The second kappa shape index (κ2) is 6.15. The molecule has 1 unspecified atom stereocenters. The third-order valence-electron chi connectivity index (χ3n) is 4.09. The zero-order valence-corrected chi connectivity index (χ0v) is 12.7. The van der Waals surface area contributed by atoms with Crippen LogP contribution in [0.4, 0.5) is 0 Å². The molecule has 1 N–H and O–H groups in total. The summed E-state index contributed by atoms with van der Waals surface area (Å²) >= 11 is 0. The Morgan fingerprint density at radius 3 is 2.48 bits per heavy atom. The molecule has 1 aromatic heterocycles. The van der Waals surface area contributed by atoms with Crippen molar-refractivity contribution < 1.29 is 0 Å². The van der Waals surface area contributed by atoms with Gasteiger partial charge in [0.05, 0.1) is 0 Å². The Kier molecular flexibility index (Phi) is 4.07. The third-order valence-corrected chi connectivity index (χ3v) is 4.09. The molecule has 3 aromatic rings. The monoisotopic (exact) mass is 278 g/mol. The lowest BCUT2D eigenvalue weighted by molar-refractivity contribution is 0.584. The first kappa shape index (κ1) is 13.9. The molecule has 1 heterocycles. The highest BCUT2D eigenvalue weighted by Gasteiger charge is 2.11. The minimum atomic E-state index is 0.476. The number of nitrogens with one attached hydrogen (secondary N) is 1. The standard InChI is InChI=1S/C19H22N2/c1-15(20-2)12-18-13-17-10-6-7-11-19(17)21(18)14-16-8-4-3-5-9-16/h3-11,13,15,20H,12,14H2,1-2H3. The second-order valence-electron chi connectivity index (χ2n) is 5.66. The summed E-state index contributed by atoms with van der Waals surface area (Å²) in [4.78, 5) is 0. The van der Waals surface area contributed by atoms with E-state index in [1.54, 1.807) is 0 Å². The van der Waals surface area contributed by atoms with E-state index in [2.05, 4.69) is 77.5 Å². The van der Waals surface area contributed by atoms with Crippen LogP contribution < -0.4 is 5.32 Å². The fourth-order valence-corrected chi connectivity index (χ4v) is 2.81. The molecule has 0 radical (unpaired) electrons. The highest BCUT2D eigenvalue weighted by atomic mass is 15.0. The smallest absolute Gasteiger partial charge is 0.0485 e. The molecule has 1 atom stereocenters. The van der Waals surface area contributed by atoms with E-state index in [-0.39, 0.29) is 0 Å². The molecule has 0 saturated carbocycles. The number of rotatable bonds is 5. The number of nitrogens with zero attached hydrogens (tertiary/aromatic N) is 1. The Morgan fingerprint density at radius 2 is 1.71 bits per heavy atom. The Labute approximate surface area is 126 Å². The van der Waals surface area contributed by atoms with Crippen molar-refractivity contribution in [2.24, 2.45) is 0 Å². The quantitative estimate of drug-likeness (QED) is 0.750. The summed E-state index contributed by atoms with van der Waals surface area (Å²) in [5, 5.41) is 4.66. The van der Waals surface area contributed by atoms with Gasteiger partial charge in [0, 0.05) is 30.2 Å². The number of para-hydroxylation sites is 1. The molecular formula is C19H22N2. The van der Waals surface area contributed by atoms with Crippen molar-refractivity contribution in [3.05, 3.63) is 71.9 Å². The van der Waals surface area contributed by atoms with E-state index in [0.717, 1.165) is 13.0 Å². The van der Waals surface area contributed by atoms with E-state index in [4.69, 9.17) is 0 Å². The van der Waals surface area contributed by atoms with E-state index >= 15 is 0 Å². The van der Waals surface area contributed by atoms with Crippen molar-refractivity contribution in [1.29, 1.82) is 0 Å². The molecule has 0 bridgehead atoms. The highest BCUT2D eigenvalue weighted by molar-refractivity contribution is 5.81. The number of likely N-dealkylation sites (N-methyl/N-ethyl adjacent to an activating group) is 1. The number of hydrogen-bond acceptors (Lipinski definition) is 1. The van der Waals surface area contributed by atoms with Crippen LogP contribution in [0.5, 0.6) is 0 Å². The SMILES string of the molecule is CNC(C)Cc1cc2ccccc2n1Cc1ccccc1. The van der Waals surface area contributed by atoms with Crippen molar-refractivity contribution >= 4 is 10.9 Å². The minimum absolute atomic E-state index is 0.476. The third kappa shape index (κ3) is 3.01. The van der Waals surface area contributed by atoms with Crippen molar-refractivity contribution in [2.45, 2.75) is 25.9 Å². The molecule has 2 heteroatoms. The van der Waals surface area contributed by atoms with Gasteiger partial charge in [-0.05, 0) is 37.1 Å². The summed E-state index contributed by atoms with van der Waals surface area (Å²) in [5.41, 5.74) is 4.05. The van der Waals surface area contributed by atoms with Crippen LogP contribution in [0, 0.1) is 0 Å². The molecule has 0 aliphatic carbocycles. The summed E-state index contributed by atoms with van der Waals surface area (Å²) in [5.74, 6) is 0. The van der Waals surface area contributed by atoms with E-state index in [0.29, 0.717) is 6.04 Å². The Morgan fingerprint density at radius 1 is 1.00 bits per heavy atom. The summed E-state index contributed by atoms with van der Waals surface area (Å²) < 4.78 is 2.44. The van der Waals surface area contributed by atoms with Crippen LogP contribution in [-0.4, -0.2) is 17.7 Å². The van der Waals surface area contributed by atoms with Gasteiger partial charge >= 0.3 is 0 Å². The summed E-state index contributed by atoms with van der Waals surface area (Å²) in [6.45, 7) is 3.16. The molecule has 0 saturated heterocycles. The predicted octanol–water partition coefficient (Wildman–Crippen LogP) is 3.84. The van der Waals surface area contributed by atoms with Crippen molar-refractivity contribution in [1.82, 2.24) is 9.88 Å². The zero-order valence-electron chi connectivity index (χ0n) is 12.7. The van der Waals surface area contributed by atoms with Gasteiger partial charge in [0.25, 0.3) is 0 Å². The van der Waals surface area contributed by atoms with Crippen molar-refractivity contribution in [3.63, 3.8) is 0 Å². The van der Waals surface area contributed by atoms with E-state index in [1.807, 2.05) is 7.05 Å². The molecule has 108 valence electrons. The first-order valence-electron chi connectivity index (χ1n) is 7.56. The predicted molar refractivity (Wildman–Crippen MR) is 89.7 cm³/mol. The number of fused-ring (bicyclic) bond motifs is 1. The lowest BCUT2D eigenvalue weighted by Crippen LogP contribution is -2.24. The Hall–Kier alpha value is -2.06. The van der Waals surface area contributed by atoms with Gasteiger partial charge in [-0.1, -0.05) is 48.5 Å². The summed E-state index contributed by atoms with van der Waals surface area (Å²) in [6, 6.07) is 22.1. The van der Waals surface area contributed by atoms with Crippen LogP contribution in [0.15, 0.2) is 60.7 Å². The van der Waals surface area contributed by atoms with Gasteiger partial charge in [0.1, 0.15) is 0 Å². The fourth-order valence-electron chi connectivity index (χ4n) is 2.81. The second-order valence-corrected chi connectivity index (χ2v) is 5.66. The number of hydrogen-bond donors (Lipinski definition) is 1. The molecule has 2 aromatic carbocycles. The minimum Gasteiger partial charge on any atom is -0.340 e. The Bertz CT molecular complexity index is 713. The van der Waals surface area contributed by atoms with Crippen molar-refractivity contribution in [3.8, 4) is 0 Å². The van der Waals surface area contributed by atoms with E-state index in [9.17, 15) is 0 Å². The van der Waals surface area contributed by atoms with E-state index < -0.39 is 0 Å². The van der Waals surface area contributed by atoms with Crippen LogP contribution in [-0.2, 0) is 13.0 Å². The van der Waals surface area contributed by atoms with Crippen molar-refractivity contribution in [2.75, 3.05) is 7.05 Å². The first-order chi connectivity index (χ1) is 10.3. The molecule has 0 spiro atoms. The van der Waals surface area contributed by atoms with Gasteiger partial charge in [-0.15, -0.1) is 0 Å². The first-order valence-corrected chi connectivity index (χ1v) is 7.56. The molecule has 21 heavy (non-hydrogen) atoms. The maximum absolute atomic E-state index is 3.34. The largest absolute Gasteiger partial charge is 0.340 e. The lowest BCUT2D eigenvalue weighted by Gasteiger charge is -2.14. The van der Waals surface area contributed by atoms with Crippen LogP contribution in [0.1, 0.15) is 18.2 Å². The normalized spacial score (nSPS) is 12.7. The topological polar surface area (TPSA) is 17.0 Å². The maximum Gasteiger partial charge on any atom is 0.0485 e. The average Bonchev–Trinajstić information content (AvgIpc) is 2.86. The molecule has 0 amide bonds. The average molecular weight is 278 g/mol. The van der Waals surface area contributed by atoms with Gasteiger partial charge in [-0.25, -0.2) is 0 Å². The van der Waals surface area contributed by atoms with Gasteiger partial charge < -0.3 is 9.88 Å². The van der Waals surface area contributed by atoms with Crippen LogP contribution in [0.2, 0.25) is 0 Å². The van der Waals surface area contributed by atoms with Crippen LogP contribution in [0.25, 0.3) is 10.9 Å². The summed E-state index contributed by atoms with van der Waals surface area (Å²) in [7, 11) is 2.02. The zero-order chi connectivity index (χ0) is 14.7. The van der Waals surface area contributed by atoms with E-state index in [1.165, 1.54) is 22.2 Å².